The van der Waals surface area contributed by atoms with Crippen LogP contribution in [0.2, 0.25) is 19.6 Å². The summed E-state index contributed by atoms with van der Waals surface area (Å²) in [7, 11) is -0.00969. The number of ether oxygens (including phenoxy) is 1. The van der Waals surface area contributed by atoms with Crippen molar-refractivity contribution < 1.29 is 9.16 Å². The molecule has 166 valence electrons. The first-order valence-electron chi connectivity index (χ1n) is 11.3. The summed E-state index contributed by atoms with van der Waals surface area (Å²) < 4.78 is 12.0. The average molecular weight is 444 g/mol. The van der Waals surface area contributed by atoms with E-state index in [1.165, 1.54) is 16.7 Å². The van der Waals surface area contributed by atoms with Gasteiger partial charge >= 0.3 is 0 Å². The van der Waals surface area contributed by atoms with Crippen LogP contribution in [0.25, 0.3) is 0 Å². The van der Waals surface area contributed by atoms with Crippen molar-refractivity contribution in [2.45, 2.75) is 44.7 Å². The quantitative estimate of drug-likeness (QED) is 0.363. The first-order chi connectivity index (χ1) is 15.4. The van der Waals surface area contributed by atoms with Crippen LogP contribution in [0.1, 0.15) is 35.2 Å². The molecule has 0 radical (unpaired) electrons. The van der Waals surface area contributed by atoms with E-state index in [0.717, 1.165) is 24.5 Å². The third kappa shape index (κ3) is 5.50. The van der Waals surface area contributed by atoms with Crippen LogP contribution in [0.3, 0.4) is 0 Å². The second kappa shape index (κ2) is 9.76. The number of benzene rings is 3. The zero-order valence-corrected chi connectivity index (χ0v) is 20.5. The van der Waals surface area contributed by atoms with Crippen molar-refractivity contribution in [2.75, 3.05) is 7.11 Å². The summed E-state index contributed by atoms with van der Waals surface area (Å²) in [6.07, 6.45) is 3.21. The molecule has 0 aliphatic carbocycles. The van der Waals surface area contributed by atoms with Gasteiger partial charge in [-0.3, -0.25) is 4.90 Å². The molecule has 3 nitrogen and oxygen atoms in total. The number of hydrogen-bond donors (Lipinski definition) is 0. The molecule has 0 unspecified atom stereocenters. The molecule has 0 saturated carbocycles. The summed E-state index contributed by atoms with van der Waals surface area (Å²) in [5.41, 5.74) is 3.89. The summed E-state index contributed by atoms with van der Waals surface area (Å²) in [5, 5.41) is 0. The molecular weight excluding hydrogens is 410 g/mol. The zero-order valence-electron chi connectivity index (χ0n) is 19.5. The molecule has 3 aromatic carbocycles. The molecule has 0 aromatic heterocycles. The van der Waals surface area contributed by atoms with Crippen LogP contribution in [0.15, 0.2) is 96.8 Å². The highest BCUT2D eigenvalue weighted by Crippen LogP contribution is 2.43. The van der Waals surface area contributed by atoms with E-state index in [4.69, 9.17) is 9.16 Å². The molecule has 0 fully saturated rings. The van der Waals surface area contributed by atoms with Crippen LogP contribution in [-0.2, 0) is 11.0 Å². The third-order valence-electron chi connectivity index (χ3n) is 5.78. The first kappa shape index (κ1) is 22.4. The van der Waals surface area contributed by atoms with Crippen LogP contribution >= 0.6 is 0 Å². The molecule has 4 heteroatoms. The molecule has 1 aliphatic heterocycles. The topological polar surface area (TPSA) is 21.7 Å². The maximum absolute atomic E-state index is 6.57. The van der Waals surface area contributed by atoms with Gasteiger partial charge in [0, 0.05) is 19.0 Å². The lowest BCUT2D eigenvalue weighted by molar-refractivity contribution is 0.119. The van der Waals surface area contributed by atoms with Gasteiger partial charge in [-0.2, -0.15) is 0 Å². The number of rotatable bonds is 7. The van der Waals surface area contributed by atoms with Gasteiger partial charge < -0.3 is 9.16 Å². The van der Waals surface area contributed by atoms with Crippen LogP contribution < -0.4 is 4.74 Å². The SMILES string of the molecule is COc1ccc([C@@H]2CC(O[Si](C)(C)C)=C[C@@H](c3ccccc3)N2Cc2ccccc2)cc1. The van der Waals surface area contributed by atoms with Crippen LogP contribution in [0.5, 0.6) is 5.75 Å². The maximum Gasteiger partial charge on any atom is 0.241 e. The summed E-state index contributed by atoms with van der Waals surface area (Å²) in [6, 6.07) is 30.4. The normalized spacial score (nSPS) is 19.3. The molecule has 3 aromatic rings. The van der Waals surface area contributed by atoms with Gasteiger partial charge in [0.15, 0.2) is 0 Å². The van der Waals surface area contributed by atoms with Crippen molar-refractivity contribution >= 4 is 8.32 Å². The molecule has 2 atom stereocenters. The van der Waals surface area contributed by atoms with Crippen molar-refractivity contribution in [1.82, 2.24) is 4.90 Å². The molecule has 1 heterocycles. The Balaban J connectivity index is 1.79. The standard InChI is InChI=1S/C28H33NO2Si/c1-30-25-17-15-24(16-18-25)28-20-26(31-32(2,3)4)19-27(23-13-9-6-10-14-23)29(28)21-22-11-7-5-8-12-22/h5-19,27-28H,20-21H2,1-4H3/t27-,28-/m0/s1. The van der Waals surface area contributed by atoms with Crippen molar-refractivity contribution in [1.29, 1.82) is 0 Å². The number of hydrogen-bond acceptors (Lipinski definition) is 3. The molecular formula is C28H33NO2Si. The lowest BCUT2D eigenvalue weighted by atomic mass is 9.90. The monoisotopic (exact) mass is 443 g/mol. The van der Waals surface area contributed by atoms with E-state index < -0.39 is 8.32 Å². The highest BCUT2D eigenvalue weighted by molar-refractivity contribution is 6.70. The Morgan fingerprint density at radius 2 is 1.44 bits per heavy atom. The molecule has 0 spiro atoms. The van der Waals surface area contributed by atoms with Crippen LogP contribution in [0, 0.1) is 0 Å². The molecule has 0 bridgehead atoms. The zero-order chi connectivity index (χ0) is 22.6. The summed E-state index contributed by atoms with van der Waals surface area (Å²) >= 11 is 0. The van der Waals surface area contributed by atoms with E-state index in [9.17, 15) is 0 Å². The highest BCUT2D eigenvalue weighted by Gasteiger charge is 2.34. The minimum atomic E-state index is -1.72. The second-order valence-corrected chi connectivity index (χ2v) is 13.8. The summed E-state index contributed by atoms with van der Waals surface area (Å²) in [4.78, 5) is 2.60. The first-order valence-corrected chi connectivity index (χ1v) is 14.7. The van der Waals surface area contributed by atoms with Crippen LogP contribution in [-0.4, -0.2) is 20.3 Å². The van der Waals surface area contributed by atoms with Gasteiger partial charge in [-0.05, 0) is 54.5 Å². The molecule has 0 saturated heterocycles. The minimum absolute atomic E-state index is 0.142. The molecule has 4 rings (SSSR count). The Morgan fingerprint density at radius 1 is 0.812 bits per heavy atom. The molecule has 32 heavy (non-hydrogen) atoms. The Morgan fingerprint density at radius 3 is 2.03 bits per heavy atom. The summed E-state index contributed by atoms with van der Waals surface area (Å²) in [6.45, 7) is 7.63. The Kier molecular flexibility index (Phi) is 6.82. The molecule has 1 aliphatic rings. The van der Waals surface area contributed by atoms with Crippen molar-refractivity contribution in [3.05, 3.63) is 113 Å². The Hall–Kier alpha value is -2.82. The average Bonchev–Trinajstić information content (AvgIpc) is 2.80. The van der Waals surface area contributed by atoms with Crippen molar-refractivity contribution in [2.24, 2.45) is 0 Å². The van der Waals surface area contributed by atoms with Gasteiger partial charge in [0.1, 0.15) is 5.75 Å². The van der Waals surface area contributed by atoms with Crippen molar-refractivity contribution in [3.8, 4) is 5.75 Å². The van der Waals surface area contributed by atoms with Gasteiger partial charge in [0.05, 0.1) is 18.9 Å². The lowest BCUT2D eigenvalue weighted by Crippen LogP contribution is -2.37. The Bertz CT molecular complexity index is 1030. The fourth-order valence-electron chi connectivity index (χ4n) is 4.39. The predicted molar refractivity (Wildman–Crippen MR) is 134 cm³/mol. The lowest BCUT2D eigenvalue weighted by Gasteiger charge is -2.42. The van der Waals surface area contributed by atoms with E-state index in [1.54, 1.807) is 7.11 Å². The number of methoxy groups -OCH3 is 1. The van der Waals surface area contributed by atoms with E-state index >= 15 is 0 Å². The Labute approximate surface area is 193 Å². The van der Waals surface area contributed by atoms with E-state index in [2.05, 4.69) is 116 Å². The third-order valence-corrected chi connectivity index (χ3v) is 6.66. The fraction of sp³-hybridized carbons (Fsp3) is 0.286. The highest BCUT2D eigenvalue weighted by atomic mass is 28.4. The van der Waals surface area contributed by atoms with E-state index in [1.807, 2.05) is 0 Å². The maximum atomic E-state index is 6.57. The van der Waals surface area contributed by atoms with E-state index in [0.29, 0.717) is 0 Å². The van der Waals surface area contributed by atoms with Crippen LogP contribution in [0.4, 0.5) is 0 Å². The van der Waals surface area contributed by atoms with E-state index in [-0.39, 0.29) is 12.1 Å². The number of nitrogens with zero attached hydrogens (tertiary/aromatic N) is 1. The summed E-state index contributed by atoms with van der Waals surface area (Å²) in [5.74, 6) is 2.00. The molecule has 0 amide bonds. The largest absolute Gasteiger partial charge is 0.547 e. The predicted octanol–water partition coefficient (Wildman–Crippen LogP) is 7.12. The second-order valence-electron chi connectivity index (χ2n) is 9.35. The minimum Gasteiger partial charge on any atom is -0.547 e. The van der Waals surface area contributed by atoms with Gasteiger partial charge in [-0.15, -0.1) is 0 Å². The van der Waals surface area contributed by atoms with Gasteiger partial charge in [-0.25, -0.2) is 0 Å². The van der Waals surface area contributed by atoms with Gasteiger partial charge in [0.25, 0.3) is 0 Å². The van der Waals surface area contributed by atoms with Gasteiger partial charge in [-0.1, -0.05) is 72.8 Å². The molecule has 0 N–H and O–H groups in total. The smallest absolute Gasteiger partial charge is 0.241 e. The van der Waals surface area contributed by atoms with Gasteiger partial charge in [0.2, 0.25) is 8.32 Å². The van der Waals surface area contributed by atoms with Crippen molar-refractivity contribution in [3.63, 3.8) is 0 Å². The fourth-order valence-corrected chi connectivity index (χ4v) is 5.32.